The number of anilines is 1. The zero-order chi connectivity index (χ0) is 21.4. The molecule has 31 heavy (non-hydrogen) atoms. The minimum absolute atomic E-state index is 0.0205. The molecule has 158 valence electrons. The van der Waals surface area contributed by atoms with Crippen LogP contribution in [0.15, 0.2) is 65.7 Å². The number of likely N-dealkylation sites (tertiary alicyclic amines) is 1. The fourth-order valence-corrected chi connectivity index (χ4v) is 4.80. The van der Waals surface area contributed by atoms with Crippen LogP contribution in [0.2, 0.25) is 0 Å². The second-order valence-electron chi connectivity index (χ2n) is 8.16. The second kappa shape index (κ2) is 7.91. The van der Waals surface area contributed by atoms with E-state index in [4.69, 9.17) is 4.74 Å². The molecule has 1 N–H and O–H groups in total. The summed E-state index contributed by atoms with van der Waals surface area (Å²) in [6.07, 6.45) is 4.41. The van der Waals surface area contributed by atoms with Crippen molar-refractivity contribution in [1.29, 1.82) is 0 Å². The number of fused-ring (bicyclic) bond motifs is 4. The smallest absolute Gasteiger partial charge is 0.321 e. The van der Waals surface area contributed by atoms with Crippen LogP contribution < -0.4 is 15.6 Å². The number of urea groups is 1. The van der Waals surface area contributed by atoms with Gasteiger partial charge in [-0.05, 0) is 42.7 Å². The fourth-order valence-electron chi connectivity index (χ4n) is 4.80. The van der Waals surface area contributed by atoms with Crippen LogP contribution in [0.25, 0.3) is 11.1 Å². The van der Waals surface area contributed by atoms with E-state index in [1.54, 1.807) is 19.5 Å². The zero-order valence-corrected chi connectivity index (χ0v) is 17.3. The summed E-state index contributed by atoms with van der Waals surface area (Å²) in [6.45, 7) is 1.83. The van der Waals surface area contributed by atoms with Crippen molar-refractivity contribution in [3.63, 3.8) is 0 Å². The Morgan fingerprint density at radius 2 is 1.97 bits per heavy atom. The Balaban J connectivity index is 1.39. The largest absolute Gasteiger partial charge is 0.495 e. The van der Waals surface area contributed by atoms with E-state index in [9.17, 15) is 9.59 Å². The molecule has 2 aliphatic rings. The number of ether oxygens (including phenoxy) is 1. The highest BCUT2D eigenvalue weighted by Gasteiger charge is 2.36. The Morgan fingerprint density at radius 3 is 2.77 bits per heavy atom. The number of piperidine rings is 1. The molecule has 2 bridgehead atoms. The van der Waals surface area contributed by atoms with Gasteiger partial charge in [0.25, 0.3) is 5.56 Å². The number of hydrogen-bond acceptors (Lipinski definition) is 4. The molecule has 1 aromatic carbocycles. The quantitative estimate of drug-likeness (QED) is 0.708. The number of pyridine rings is 2. The van der Waals surface area contributed by atoms with E-state index >= 15 is 0 Å². The van der Waals surface area contributed by atoms with E-state index in [2.05, 4.69) is 10.3 Å². The number of nitrogens with zero attached hydrogens (tertiary/aromatic N) is 3. The molecule has 3 aromatic rings. The van der Waals surface area contributed by atoms with Gasteiger partial charge >= 0.3 is 6.03 Å². The highest BCUT2D eigenvalue weighted by molar-refractivity contribution is 5.91. The molecule has 0 saturated carbocycles. The Hall–Kier alpha value is -3.61. The Kier molecular flexibility index (Phi) is 4.94. The van der Waals surface area contributed by atoms with Gasteiger partial charge in [-0.25, -0.2) is 4.79 Å². The lowest BCUT2D eigenvalue weighted by atomic mass is 9.83. The monoisotopic (exact) mass is 416 g/mol. The maximum Gasteiger partial charge on any atom is 0.321 e. The molecule has 2 atom stereocenters. The summed E-state index contributed by atoms with van der Waals surface area (Å²) in [5.41, 5.74) is 3.18. The van der Waals surface area contributed by atoms with Gasteiger partial charge in [-0.15, -0.1) is 0 Å². The minimum atomic E-state index is -0.137. The van der Waals surface area contributed by atoms with Crippen molar-refractivity contribution in [3.05, 3.63) is 77.0 Å². The van der Waals surface area contributed by atoms with Crippen LogP contribution in [0.4, 0.5) is 10.5 Å². The molecule has 2 aliphatic heterocycles. The van der Waals surface area contributed by atoms with Crippen molar-refractivity contribution >= 4 is 11.7 Å². The molecule has 0 spiro atoms. The first-order chi connectivity index (χ1) is 15.1. The third kappa shape index (κ3) is 3.56. The highest BCUT2D eigenvalue weighted by atomic mass is 16.5. The molecule has 5 rings (SSSR count). The predicted molar refractivity (Wildman–Crippen MR) is 118 cm³/mol. The van der Waals surface area contributed by atoms with E-state index < -0.39 is 0 Å². The molecular formula is C24H24N4O3. The van der Waals surface area contributed by atoms with Crippen LogP contribution in [0.3, 0.4) is 0 Å². The summed E-state index contributed by atoms with van der Waals surface area (Å²) in [5.74, 6) is 1.02. The summed E-state index contributed by atoms with van der Waals surface area (Å²) in [5, 5.41) is 2.97. The molecule has 2 amide bonds. The van der Waals surface area contributed by atoms with Crippen molar-refractivity contribution in [1.82, 2.24) is 14.5 Å². The van der Waals surface area contributed by atoms with Crippen molar-refractivity contribution in [2.75, 3.05) is 25.5 Å². The second-order valence-corrected chi connectivity index (χ2v) is 8.16. The third-order valence-electron chi connectivity index (χ3n) is 6.21. The molecule has 2 aromatic heterocycles. The number of aromatic nitrogens is 2. The van der Waals surface area contributed by atoms with E-state index in [1.807, 2.05) is 58.0 Å². The van der Waals surface area contributed by atoms with Gasteiger partial charge in [-0.1, -0.05) is 18.2 Å². The lowest BCUT2D eigenvalue weighted by Crippen LogP contribution is -2.50. The van der Waals surface area contributed by atoms with Crippen molar-refractivity contribution in [2.24, 2.45) is 5.92 Å². The van der Waals surface area contributed by atoms with Gasteiger partial charge in [0.15, 0.2) is 0 Å². The first-order valence-electron chi connectivity index (χ1n) is 10.5. The first-order valence-corrected chi connectivity index (χ1v) is 10.5. The highest BCUT2D eigenvalue weighted by Crippen LogP contribution is 2.36. The topological polar surface area (TPSA) is 76.5 Å². The summed E-state index contributed by atoms with van der Waals surface area (Å²) in [4.78, 5) is 32.2. The Bertz CT molecular complexity index is 1170. The van der Waals surface area contributed by atoms with Crippen LogP contribution in [-0.2, 0) is 6.54 Å². The third-order valence-corrected chi connectivity index (χ3v) is 6.21. The number of carbonyl (C=O) groups is 1. The van der Waals surface area contributed by atoms with Gasteiger partial charge in [0, 0.05) is 54.8 Å². The van der Waals surface area contributed by atoms with E-state index in [1.165, 1.54) is 0 Å². The van der Waals surface area contributed by atoms with E-state index in [-0.39, 0.29) is 23.4 Å². The predicted octanol–water partition coefficient (Wildman–Crippen LogP) is 3.57. The fraction of sp³-hybridized carbons (Fsp3) is 0.292. The minimum Gasteiger partial charge on any atom is -0.495 e. The van der Waals surface area contributed by atoms with Gasteiger partial charge in [-0.3, -0.25) is 9.78 Å². The molecule has 7 heteroatoms. The SMILES string of the molecule is COc1ccccc1NC(=O)N1C[C@@H]2C[C@H](C1)c1ccc(-c3cccnc3)c(=O)n1C2. The van der Waals surface area contributed by atoms with Crippen molar-refractivity contribution < 1.29 is 9.53 Å². The molecule has 7 nitrogen and oxygen atoms in total. The number of nitrogens with one attached hydrogen (secondary N) is 1. The summed E-state index contributed by atoms with van der Waals surface area (Å²) in [6, 6.07) is 14.9. The molecule has 0 unspecified atom stereocenters. The normalized spacial score (nSPS) is 19.5. The molecule has 1 fully saturated rings. The summed E-state index contributed by atoms with van der Waals surface area (Å²) in [7, 11) is 1.59. The Morgan fingerprint density at radius 1 is 1.10 bits per heavy atom. The summed E-state index contributed by atoms with van der Waals surface area (Å²) < 4.78 is 7.24. The number of rotatable bonds is 3. The van der Waals surface area contributed by atoms with Crippen LogP contribution in [0, 0.1) is 5.92 Å². The number of amides is 2. The van der Waals surface area contributed by atoms with Gasteiger partial charge in [0.2, 0.25) is 0 Å². The van der Waals surface area contributed by atoms with Crippen LogP contribution in [0.5, 0.6) is 5.75 Å². The zero-order valence-electron chi connectivity index (χ0n) is 17.3. The Labute approximate surface area is 180 Å². The van der Waals surface area contributed by atoms with Crippen molar-refractivity contribution in [2.45, 2.75) is 18.9 Å². The lowest BCUT2D eigenvalue weighted by Gasteiger charge is -2.42. The van der Waals surface area contributed by atoms with Crippen LogP contribution in [0.1, 0.15) is 18.0 Å². The van der Waals surface area contributed by atoms with Crippen LogP contribution in [-0.4, -0.2) is 40.7 Å². The number of para-hydroxylation sites is 2. The number of methoxy groups -OCH3 is 1. The average molecular weight is 416 g/mol. The average Bonchev–Trinajstić information content (AvgIpc) is 2.80. The number of hydrogen-bond donors (Lipinski definition) is 1. The van der Waals surface area contributed by atoms with E-state index in [0.717, 1.165) is 17.7 Å². The van der Waals surface area contributed by atoms with Crippen LogP contribution >= 0.6 is 0 Å². The summed E-state index contributed by atoms with van der Waals surface area (Å²) >= 11 is 0. The maximum atomic E-state index is 13.2. The standard InChI is InChI=1S/C24H24N4O3/c1-31-22-7-3-2-6-20(22)26-24(30)27-13-16-11-18(15-27)21-9-8-19(23(29)28(21)14-16)17-5-4-10-25-12-17/h2-10,12,16,18H,11,13-15H2,1H3,(H,26,30)/t16-,18+/m0/s1. The van der Waals surface area contributed by atoms with E-state index in [0.29, 0.717) is 36.6 Å². The van der Waals surface area contributed by atoms with Crippen molar-refractivity contribution in [3.8, 4) is 16.9 Å². The maximum absolute atomic E-state index is 13.2. The molecule has 1 saturated heterocycles. The van der Waals surface area contributed by atoms with Gasteiger partial charge in [0.1, 0.15) is 5.75 Å². The molecular weight excluding hydrogens is 392 g/mol. The van der Waals surface area contributed by atoms with Gasteiger partial charge in [-0.2, -0.15) is 0 Å². The molecule has 0 aliphatic carbocycles. The van der Waals surface area contributed by atoms with Gasteiger partial charge in [0.05, 0.1) is 12.8 Å². The van der Waals surface area contributed by atoms with Gasteiger partial charge < -0.3 is 19.5 Å². The molecule has 0 radical (unpaired) electrons. The molecule has 4 heterocycles. The lowest BCUT2D eigenvalue weighted by molar-refractivity contribution is 0.139. The number of carbonyl (C=O) groups excluding carboxylic acids is 1. The first kappa shape index (κ1) is 19.4. The number of benzene rings is 1.